The fourth-order valence-corrected chi connectivity index (χ4v) is 2.14. The highest BCUT2D eigenvalue weighted by Crippen LogP contribution is 2.15. The van der Waals surface area contributed by atoms with Crippen LogP contribution >= 0.6 is 0 Å². The van der Waals surface area contributed by atoms with E-state index in [9.17, 15) is 4.79 Å². The lowest BCUT2D eigenvalue weighted by Crippen LogP contribution is -2.18. The molecule has 0 aliphatic rings. The number of aryl methyl sites for hydroxylation is 2. The Bertz CT molecular complexity index is 583. The second kappa shape index (κ2) is 5.88. The Morgan fingerprint density at radius 2 is 1.90 bits per heavy atom. The zero-order chi connectivity index (χ0) is 14.7. The molecule has 0 saturated heterocycles. The number of primary amides is 1. The Hall–Kier alpha value is -2.14. The monoisotopic (exact) mass is 273 g/mol. The van der Waals surface area contributed by atoms with Gasteiger partial charge in [-0.25, -0.2) is 0 Å². The van der Waals surface area contributed by atoms with E-state index in [0.29, 0.717) is 5.56 Å². The maximum Gasteiger partial charge on any atom is 0.248 e. The van der Waals surface area contributed by atoms with Crippen LogP contribution < -0.4 is 5.73 Å². The van der Waals surface area contributed by atoms with Crippen molar-refractivity contribution in [1.29, 1.82) is 0 Å². The molecular formula is C15H19N3O2. The van der Waals surface area contributed by atoms with Gasteiger partial charge in [-0.05, 0) is 38.6 Å². The zero-order valence-electron chi connectivity index (χ0n) is 12.0. The molecule has 0 bridgehead atoms. The molecule has 1 aromatic carbocycles. The summed E-state index contributed by atoms with van der Waals surface area (Å²) in [5.41, 5.74) is 8.94. The molecule has 0 unspecified atom stereocenters. The molecule has 2 N–H and O–H groups in total. The molecule has 1 aromatic heterocycles. The Morgan fingerprint density at radius 1 is 1.25 bits per heavy atom. The van der Waals surface area contributed by atoms with Crippen molar-refractivity contribution in [2.45, 2.75) is 26.9 Å². The Labute approximate surface area is 118 Å². The average molecular weight is 273 g/mol. The van der Waals surface area contributed by atoms with Gasteiger partial charge in [-0.1, -0.05) is 17.3 Å². The SMILES string of the molecule is Cc1noc(C)c1CN(C)Cc1ccc(C(N)=O)cc1. The number of aromatic nitrogens is 1. The summed E-state index contributed by atoms with van der Waals surface area (Å²) in [5.74, 6) is 0.457. The molecule has 0 fully saturated rings. The lowest BCUT2D eigenvalue weighted by atomic mass is 10.1. The Balaban J connectivity index is 2.01. The van der Waals surface area contributed by atoms with E-state index in [1.807, 2.05) is 33.0 Å². The van der Waals surface area contributed by atoms with Crippen molar-refractivity contribution in [3.8, 4) is 0 Å². The molecule has 0 radical (unpaired) electrons. The first kappa shape index (κ1) is 14.3. The summed E-state index contributed by atoms with van der Waals surface area (Å²) in [6.07, 6.45) is 0. The standard InChI is InChI=1S/C15H19N3O2/c1-10-14(11(2)20-17-10)9-18(3)8-12-4-6-13(7-5-12)15(16)19/h4-7H,8-9H2,1-3H3,(H2,16,19). The van der Waals surface area contributed by atoms with Gasteiger partial charge in [0, 0.05) is 24.2 Å². The molecule has 5 heteroatoms. The van der Waals surface area contributed by atoms with E-state index in [1.54, 1.807) is 12.1 Å². The Kier molecular flexibility index (Phi) is 4.20. The van der Waals surface area contributed by atoms with Gasteiger partial charge >= 0.3 is 0 Å². The molecule has 1 heterocycles. The van der Waals surface area contributed by atoms with Crippen LogP contribution in [0.15, 0.2) is 28.8 Å². The van der Waals surface area contributed by atoms with Crippen molar-refractivity contribution in [3.63, 3.8) is 0 Å². The van der Waals surface area contributed by atoms with Gasteiger partial charge in [-0.2, -0.15) is 0 Å². The number of hydrogen-bond donors (Lipinski definition) is 1. The van der Waals surface area contributed by atoms with E-state index < -0.39 is 5.91 Å². The van der Waals surface area contributed by atoms with Crippen molar-refractivity contribution in [3.05, 3.63) is 52.4 Å². The second-order valence-electron chi connectivity index (χ2n) is 5.04. The lowest BCUT2D eigenvalue weighted by molar-refractivity contribution is 0.100. The highest BCUT2D eigenvalue weighted by molar-refractivity contribution is 5.92. The quantitative estimate of drug-likeness (QED) is 0.904. The van der Waals surface area contributed by atoms with Crippen LogP contribution in [0.1, 0.15) is 32.9 Å². The smallest absolute Gasteiger partial charge is 0.248 e. The van der Waals surface area contributed by atoms with E-state index in [-0.39, 0.29) is 0 Å². The summed E-state index contributed by atoms with van der Waals surface area (Å²) in [6.45, 7) is 5.42. The molecule has 1 amide bonds. The normalized spacial score (nSPS) is 11.0. The van der Waals surface area contributed by atoms with E-state index >= 15 is 0 Å². The predicted octanol–water partition coefficient (Wildman–Crippen LogP) is 2.02. The number of rotatable bonds is 5. The fourth-order valence-electron chi connectivity index (χ4n) is 2.14. The van der Waals surface area contributed by atoms with E-state index in [2.05, 4.69) is 10.1 Å². The molecule has 0 spiro atoms. The topological polar surface area (TPSA) is 72.4 Å². The highest BCUT2D eigenvalue weighted by atomic mass is 16.5. The molecule has 106 valence electrons. The van der Waals surface area contributed by atoms with Crippen LogP contribution in [-0.2, 0) is 13.1 Å². The van der Waals surface area contributed by atoms with Crippen LogP contribution in [0.2, 0.25) is 0 Å². The molecule has 20 heavy (non-hydrogen) atoms. The number of hydrogen-bond acceptors (Lipinski definition) is 4. The second-order valence-corrected chi connectivity index (χ2v) is 5.04. The van der Waals surface area contributed by atoms with Crippen molar-refractivity contribution in [2.75, 3.05) is 7.05 Å². The van der Waals surface area contributed by atoms with Gasteiger partial charge in [0.1, 0.15) is 5.76 Å². The maximum absolute atomic E-state index is 11.0. The summed E-state index contributed by atoms with van der Waals surface area (Å²) in [5, 5.41) is 3.95. The van der Waals surface area contributed by atoms with Gasteiger partial charge in [0.2, 0.25) is 5.91 Å². The van der Waals surface area contributed by atoms with Gasteiger partial charge in [0.05, 0.1) is 5.69 Å². The maximum atomic E-state index is 11.0. The molecular weight excluding hydrogens is 254 g/mol. The molecule has 0 aliphatic heterocycles. The minimum atomic E-state index is -0.402. The van der Waals surface area contributed by atoms with Crippen LogP contribution in [0.4, 0.5) is 0 Å². The van der Waals surface area contributed by atoms with Crippen LogP contribution in [-0.4, -0.2) is 23.0 Å². The summed E-state index contributed by atoms with van der Waals surface area (Å²) < 4.78 is 5.16. The molecule has 0 saturated carbocycles. The first-order valence-electron chi connectivity index (χ1n) is 6.46. The number of carbonyl (C=O) groups is 1. The minimum absolute atomic E-state index is 0.402. The minimum Gasteiger partial charge on any atom is -0.366 e. The van der Waals surface area contributed by atoms with Gasteiger partial charge in [0.15, 0.2) is 0 Å². The van der Waals surface area contributed by atoms with Crippen LogP contribution in [0, 0.1) is 13.8 Å². The molecule has 2 rings (SSSR count). The van der Waals surface area contributed by atoms with Crippen LogP contribution in [0.5, 0.6) is 0 Å². The molecule has 0 atom stereocenters. The summed E-state index contributed by atoms with van der Waals surface area (Å²) in [4.78, 5) is 13.2. The van der Waals surface area contributed by atoms with Gasteiger partial charge in [0.25, 0.3) is 0 Å². The zero-order valence-corrected chi connectivity index (χ0v) is 12.0. The van der Waals surface area contributed by atoms with Crippen molar-refractivity contribution in [2.24, 2.45) is 5.73 Å². The van der Waals surface area contributed by atoms with E-state index in [0.717, 1.165) is 35.7 Å². The first-order chi connectivity index (χ1) is 9.47. The molecule has 2 aromatic rings. The van der Waals surface area contributed by atoms with E-state index in [1.165, 1.54) is 0 Å². The number of nitrogens with two attached hydrogens (primary N) is 1. The Morgan fingerprint density at radius 3 is 2.40 bits per heavy atom. The molecule has 5 nitrogen and oxygen atoms in total. The summed E-state index contributed by atoms with van der Waals surface area (Å²) in [7, 11) is 2.04. The average Bonchev–Trinajstić information content (AvgIpc) is 2.71. The lowest BCUT2D eigenvalue weighted by Gasteiger charge is -2.16. The third-order valence-electron chi connectivity index (χ3n) is 3.30. The first-order valence-corrected chi connectivity index (χ1v) is 6.46. The number of carbonyl (C=O) groups excluding carboxylic acids is 1. The van der Waals surface area contributed by atoms with Crippen molar-refractivity contribution >= 4 is 5.91 Å². The van der Waals surface area contributed by atoms with Crippen LogP contribution in [0.25, 0.3) is 0 Å². The number of nitrogens with zero attached hydrogens (tertiary/aromatic N) is 2. The third-order valence-corrected chi connectivity index (χ3v) is 3.30. The van der Waals surface area contributed by atoms with Crippen LogP contribution in [0.3, 0.4) is 0 Å². The summed E-state index contributed by atoms with van der Waals surface area (Å²) in [6, 6.07) is 7.34. The van der Waals surface area contributed by atoms with E-state index in [4.69, 9.17) is 10.3 Å². The highest BCUT2D eigenvalue weighted by Gasteiger charge is 2.11. The number of amides is 1. The predicted molar refractivity (Wildman–Crippen MR) is 76.1 cm³/mol. The van der Waals surface area contributed by atoms with Crippen molar-refractivity contribution in [1.82, 2.24) is 10.1 Å². The third kappa shape index (κ3) is 3.24. The van der Waals surface area contributed by atoms with Gasteiger partial charge in [-0.3, -0.25) is 9.69 Å². The molecule has 0 aliphatic carbocycles. The largest absolute Gasteiger partial charge is 0.366 e. The summed E-state index contributed by atoms with van der Waals surface area (Å²) >= 11 is 0. The van der Waals surface area contributed by atoms with Crippen molar-refractivity contribution < 1.29 is 9.32 Å². The van der Waals surface area contributed by atoms with Gasteiger partial charge in [-0.15, -0.1) is 0 Å². The van der Waals surface area contributed by atoms with Gasteiger partial charge < -0.3 is 10.3 Å². The fraction of sp³-hybridized carbons (Fsp3) is 0.333. The number of benzene rings is 1.